The quantitative estimate of drug-likeness (QED) is 0.272. The van der Waals surface area contributed by atoms with E-state index >= 15 is 0 Å². The summed E-state index contributed by atoms with van der Waals surface area (Å²) in [6.07, 6.45) is 9.22. The second-order valence-corrected chi connectivity index (χ2v) is 11.5. The summed E-state index contributed by atoms with van der Waals surface area (Å²) in [5, 5.41) is 20.4. The zero-order valence-corrected chi connectivity index (χ0v) is 22.8. The lowest BCUT2D eigenvalue weighted by atomic mass is 9.73. The van der Waals surface area contributed by atoms with Crippen molar-refractivity contribution in [3.8, 4) is 0 Å². The number of nitrogens with zero attached hydrogens (tertiary/aromatic N) is 2. The van der Waals surface area contributed by atoms with Gasteiger partial charge in [0.1, 0.15) is 13.1 Å². The van der Waals surface area contributed by atoms with Gasteiger partial charge in [-0.05, 0) is 30.5 Å². The topological polar surface area (TPSA) is 113 Å². The van der Waals surface area contributed by atoms with Crippen molar-refractivity contribution in [2.24, 2.45) is 11.8 Å². The molecule has 1 saturated carbocycles. The van der Waals surface area contributed by atoms with Crippen LogP contribution in [0.2, 0.25) is 0 Å². The highest BCUT2D eigenvalue weighted by atomic mass is 16.5. The largest absolute Gasteiger partial charge is 0.554 e. The minimum Gasteiger partial charge on any atom is -0.554 e. The van der Waals surface area contributed by atoms with E-state index in [1.165, 1.54) is 6.42 Å². The Morgan fingerprint density at radius 3 is 2.30 bits per heavy atom. The van der Waals surface area contributed by atoms with Crippen LogP contribution in [-0.4, -0.2) is 52.8 Å². The summed E-state index contributed by atoms with van der Waals surface area (Å²) in [7, 11) is 0. The van der Waals surface area contributed by atoms with E-state index in [4.69, 9.17) is 19.1 Å². The van der Waals surface area contributed by atoms with Crippen molar-refractivity contribution < 1.29 is 33.4 Å². The van der Waals surface area contributed by atoms with Crippen molar-refractivity contribution >= 4 is 12.4 Å². The van der Waals surface area contributed by atoms with Gasteiger partial charge in [0.05, 0.1) is 24.8 Å². The molecule has 0 amide bonds. The molecule has 3 aromatic rings. The van der Waals surface area contributed by atoms with Crippen molar-refractivity contribution in [3.05, 3.63) is 89.6 Å². The maximum atomic E-state index is 12.8. The molecular weight excluding hydrogens is 508 g/mol. The molecule has 3 aliphatic heterocycles. The number of esters is 1. The Bertz CT molecular complexity index is 1250. The number of ether oxygens (including phenoxy) is 1. The zero-order chi connectivity index (χ0) is 28.0. The van der Waals surface area contributed by atoms with Crippen LogP contribution in [0.15, 0.2) is 71.3 Å². The number of oxazole rings is 1. The van der Waals surface area contributed by atoms with Crippen molar-refractivity contribution in [3.63, 3.8) is 0 Å². The van der Waals surface area contributed by atoms with Gasteiger partial charge in [-0.3, -0.25) is 0 Å². The van der Waals surface area contributed by atoms with Crippen LogP contribution in [0, 0.1) is 11.8 Å². The fourth-order valence-corrected chi connectivity index (χ4v) is 6.99. The van der Waals surface area contributed by atoms with Crippen LogP contribution in [0.1, 0.15) is 72.5 Å². The van der Waals surface area contributed by atoms with E-state index in [0.717, 1.165) is 74.0 Å². The summed E-state index contributed by atoms with van der Waals surface area (Å²) in [5.41, 5.74) is 0.241. The summed E-state index contributed by atoms with van der Waals surface area (Å²) < 4.78 is 13.3. The number of benzene rings is 2. The second-order valence-electron chi connectivity index (χ2n) is 11.5. The summed E-state index contributed by atoms with van der Waals surface area (Å²) in [6.45, 7) is 3.09. The molecule has 3 saturated heterocycles. The molecule has 7 rings (SSSR count). The van der Waals surface area contributed by atoms with Gasteiger partial charge in [-0.2, -0.15) is 0 Å². The highest BCUT2D eigenvalue weighted by Crippen LogP contribution is 2.44. The Morgan fingerprint density at radius 1 is 1.02 bits per heavy atom. The summed E-state index contributed by atoms with van der Waals surface area (Å²) >= 11 is 0. The normalized spacial score (nSPS) is 25.7. The third kappa shape index (κ3) is 5.83. The van der Waals surface area contributed by atoms with E-state index in [-0.39, 0.29) is 18.0 Å². The first-order valence-electron chi connectivity index (χ1n) is 14.4. The number of rotatable bonds is 7. The number of aliphatic hydroxyl groups is 1. The van der Waals surface area contributed by atoms with Crippen LogP contribution in [0.5, 0.6) is 0 Å². The lowest BCUT2D eigenvalue weighted by molar-refractivity contribution is -0.959. The van der Waals surface area contributed by atoms with E-state index in [1.54, 1.807) is 0 Å². The predicted octanol–water partition coefficient (Wildman–Crippen LogP) is 3.82. The van der Waals surface area contributed by atoms with E-state index < -0.39 is 12.1 Å². The average Bonchev–Trinajstić information content (AvgIpc) is 3.47. The Labute approximate surface area is 235 Å². The average molecular weight is 547 g/mol. The molecule has 40 heavy (non-hydrogen) atoms. The molecule has 1 unspecified atom stereocenters. The van der Waals surface area contributed by atoms with Gasteiger partial charge in [0, 0.05) is 31.1 Å². The number of quaternary nitrogens is 1. The molecular formula is C32H38N2O6. The Kier molecular flexibility index (Phi) is 8.66. The van der Waals surface area contributed by atoms with Gasteiger partial charge in [-0.15, -0.1) is 0 Å². The monoisotopic (exact) mass is 546 g/mol. The van der Waals surface area contributed by atoms with E-state index in [9.17, 15) is 9.90 Å². The smallest absolute Gasteiger partial charge is 0.338 e. The standard InChI is InChI=1S/C31H37N2O4.CH2O2/c34-29(24-10-4-1-5-11-24)37-28-22-33(18-16-23(28)17-19-33)21-27-20-32-30(36-27)31(35,25-12-6-2-7-13-25)26-14-8-3-9-15-26;2-1-3/h1-2,4-7,10-13,20,23,26,28,35H,3,8-9,14-19,21-22H2;1H,(H,2,3)/q+1;/p-1/t23?,28?,31-,33?;/m0./s1. The minimum absolute atomic E-state index is 0.0823. The van der Waals surface area contributed by atoms with Gasteiger partial charge in [0.2, 0.25) is 5.89 Å². The number of fused-ring (bicyclic) bond motifs is 3. The number of hydrogen-bond donors (Lipinski definition) is 1. The highest BCUT2D eigenvalue weighted by molar-refractivity contribution is 5.89. The molecule has 0 radical (unpaired) electrons. The lowest BCUT2D eigenvalue weighted by Crippen LogP contribution is -2.63. The van der Waals surface area contributed by atoms with Crippen LogP contribution < -0.4 is 5.11 Å². The molecule has 0 spiro atoms. The summed E-state index contributed by atoms with van der Waals surface area (Å²) in [4.78, 5) is 25.7. The molecule has 2 bridgehead atoms. The first-order chi connectivity index (χ1) is 19.5. The molecule has 2 aromatic carbocycles. The van der Waals surface area contributed by atoms with Crippen LogP contribution in [-0.2, 0) is 21.7 Å². The van der Waals surface area contributed by atoms with Gasteiger partial charge in [-0.1, -0.05) is 67.8 Å². The first kappa shape index (κ1) is 28.1. The van der Waals surface area contributed by atoms with Crippen LogP contribution >= 0.6 is 0 Å². The lowest BCUT2D eigenvalue weighted by Gasteiger charge is -2.51. The minimum atomic E-state index is -1.22. The van der Waals surface area contributed by atoms with Gasteiger partial charge in [0.15, 0.2) is 17.5 Å². The molecule has 4 aliphatic rings. The van der Waals surface area contributed by atoms with Crippen molar-refractivity contribution in [1.82, 2.24) is 4.98 Å². The Morgan fingerprint density at radius 2 is 1.65 bits per heavy atom. The van der Waals surface area contributed by atoms with E-state index in [2.05, 4.69) is 4.98 Å². The number of carbonyl (C=O) groups excluding carboxylic acids is 2. The molecule has 8 nitrogen and oxygen atoms in total. The van der Waals surface area contributed by atoms with Gasteiger partial charge < -0.3 is 28.6 Å². The molecule has 1 aliphatic carbocycles. The molecule has 1 aromatic heterocycles. The number of carbonyl (C=O) groups is 2. The molecule has 4 heterocycles. The number of hydrogen-bond acceptors (Lipinski definition) is 7. The summed E-state index contributed by atoms with van der Waals surface area (Å²) in [5.74, 6) is 1.49. The highest BCUT2D eigenvalue weighted by Gasteiger charge is 2.49. The van der Waals surface area contributed by atoms with Crippen LogP contribution in [0.3, 0.4) is 0 Å². The van der Waals surface area contributed by atoms with Crippen LogP contribution in [0.4, 0.5) is 0 Å². The number of aromatic nitrogens is 1. The first-order valence-corrected chi connectivity index (χ1v) is 14.4. The van der Waals surface area contributed by atoms with E-state index in [1.807, 2.05) is 66.9 Å². The maximum Gasteiger partial charge on any atom is 0.338 e. The number of carboxylic acid groups (broad SMARTS) is 1. The molecule has 1 N–H and O–H groups in total. The maximum absolute atomic E-state index is 12.8. The van der Waals surface area contributed by atoms with Gasteiger partial charge in [0.25, 0.3) is 0 Å². The molecule has 212 valence electrons. The number of piperidine rings is 3. The fourth-order valence-electron chi connectivity index (χ4n) is 6.99. The predicted molar refractivity (Wildman–Crippen MR) is 146 cm³/mol. The van der Waals surface area contributed by atoms with Crippen molar-refractivity contribution in [2.45, 2.75) is 63.2 Å². The van der Waals surface area contributed by atoms with Gasteiger partial charge >= 0.3 is 5.97 Å². The van der Waals surface area contributed by atoms with Gasteiger partial charge in [-0.25, -0.2) is 9.78 Å². The fraction of sp³-hybridized carbons (Fsp3) is 0.469. The van der Waals surface area contributed by atoms with Crippen LogP contribution in [0.25, 0.3) is 0 Å². The Balaban J connectivity index is 0.00000103. The van der Waals surface area contributed by atoms with Crippen molar-refractivity contribution in [1.29, 1.82) is 0 Å². The molecule has 8 heteroatoms. The Hall–Kier alpha value is -3.49. The van der Waals surface area contributed by atoms with Crippen molar-refractivity contribution in [2.75, 3.05) is 19.6 Å². The second kappa shape index (κ2) is 12.4. The molecule has 2 atom stereocenters. The molecule has 4 fully saturated rings. The van der Waals surface area contributed by atoms with E-state index in [0.29, 0.717) is 23.9 Å². The SMILES string of the molecule is O=C(OC1C[N+]2(Cc3cnc([C@](O)(c4ccccc4)C4CCCCC4)o3)CCC1CC2)c1ccccc1.O=C[O-]. The third-order valence-electron chi connectivity index (χ3n) is 9.09. The zero-order valence-electron chi connectivity index (χ0n) is 22.8. The third-order valence-corrected chi connectivity index (χ3v) is 9.09. The summed E-state index contributed by atoms with van der Waals surface area (Å²) in [6, 6.07) is 19.2.